The van der Waals surface area contributed by atoms with Crippen molar-refractivity contribution in [1.82, 2.24) is 34.9 Å². The van der Waals surface area contributed by atoms with Gasteiger partial charge in [0.1, 0.15) is 0 Å². The van der Waals surface area contributed by atoms with E-state index in [1.807, 2.05) is 25.4 Å². The van der Waals surface area contributed by atoms with E-state index in [1.54, 1.807) is 23.3 Å². The molecule has 0 saturated carbocycles. The fourth-order valence-corrected chi connectivity index (χ4v) is 2.48. The summed E-state index contributed by atoms with van der Waals surface area (Å²) >= 11 is 0. The zero-order valence-electron chi connectivity index (χ0n) is 13.3. The summed E-state index contributed by atoms with van der Waals surface area (Å²) in [6.07, 6.45) is 6.82. The predicted octanol–water partition coefficient (Wildman–Crippen LogP) is 2.42. The van der Waals surface area contributed by atoms with E-state index in [0.717, 1.165) is 16.6 Å². The second-order valence-electron chi connectivity index (χ2n) is 5.37. The minimum Gasteiger partial charge on any atom is -0.361 e. The Hall–Kier alpha value is -3.69. The van der Waals surface area contributed by atoms with Crippen molar-refractivity contribution in [2.45, 2.75) is 6.54 Å². The van der Waals surface area contributed by atoms with Crippen LogP contribution in [0.15, 0.2) is 42.0 Å². The Morgan fingerprint density at radius 1 is 1.32 bits per heavy atom. The van der Waals surface area contributed by atoms with E-state index in [-0.39, 0.29) is 5.82 Å². The number of fused-ring (bicyclic) bond motifs is 1. The lowest BCUT2D eigenvalue weighted by atomic mass is 10.2. The summed E-state index contributed by atoms with van der Waals surface area (Å²) in [5.74, 6) is 0.637. The van der Waals surface area contributed by atoms with E-state index in [4.69, 9.17) is 5.53 Å². The Morgan fingerprint density at radius 2 is 2.24 bits per heavy atom. The molecular formula is C15H14N10. The first kappa shape index (κ1) is 14.9. The van der Waals surface area contributed by atoms with Crippen molar-refractivity contribution in [2.75, 3.05) is 5.32 Å². The number of H-pyrrole nitrogens is 1. The molecule has 0 radical (unpaired) electrons. The number of rotatable bonds is 5. The van der Waals surface area contributed by atoms with Crippen LogP contribution in [0.1, 0.15) is 5.69 Å². The molecule has 10 nitrogen and oxygen atoms in total. The number of anilines is 1. The van der Waals surface area contributed by atoms with Gasteiger partial charge in [-0.3, -0.25) is 9.78 Å². The van der Waals surface area contributed by atoms with E-state index in [1.165, 1.54) is 0 Å². The lowest BCUT2D eigenvalue weighted by Gasteiger charge is -2.07. The van der Waals surface area contributed by atoms with Crippen LogP contribution in [0.5, 0.6) is 0 Å². The largest absolute Gasteiger partial charge is 0.361 e. The molecule has 10 heteroatoms. The number of nitrogens with one attached hydrogen (secondary N) is 3. The summed E-state index contributed by atoms with van der Waals surface area (Å²) in [5.41, 5.74) is 10.3. The molecule has 0 bridgehead atoms. The predicted molar refractivity (Wildman–Crippen MR) is 90.3 cm³/mol. The molecule has 4 aromatic rings. The lowest BCUT2D eigenvalue weighted by Crippen LogP contribution is -2.04. The molecule has 3 N–H and O–H groups in total. The van der Waals surface area contributed by atoms with Gasteiger partial charge in [-0.15, -0.1) is 5.11 Å². The highest BCUT2D eigenvalue weighted by atomic mass is 15.2. The van der Waals surface area contributed by atoms with Crippen molar-refractivity contribution in [1.29, 1.82) is 5.53 Å². The van der Waals surface area contributed by atoms with Gasteiger partial charge in [0.15, 0.2) is 11.5 Å². The molecule has 4 heterocycles. The zero-order valence-corrected chi connectivity index (χ0v) is 13.3. The summed E-state index contributed by atoms with van der Waals surface area (Å²) in [6, 6.07) is 3.80. The minimum atomic E-state index is 0.217. The fourth-order valence-electron chi connectivity index (χ4n) is 2.48. The van der Waals surface area contributed by atoms with Gasteiger partial charge in [-0.25, -0.2) is 20.5 Å². The molecule has 25 heavy (non-hydrogen) atoms. The first-order valence-corrected chi connectivity index (χ1v) is 7.50. The Balaban J connectivity index is 1.63. The van der Waals surface area contributed by atoms with Crippen LogP contribution in [-0.2, 0) is 13.6 Å². The van der Waals surface area contributed by atoms with Crippen molar-refractivity contribution < 1.29 is 0 Å². The molecule has 0 amide bonds. The van der Waals surface area contributed by atoms with Gasteiger partial charge in [-0.1, -0.05) is 0 Å². The normalized spacial score (nSPS) is 10.9. The molecule has 4 aromatic heterocycles. The summed E-state index contributed by atoms with van der Waals surface area (Å²) in [7, 11) is 1.83. The second-order valence-corrected chi connectivity index (χ2v) is 5.37. The standard InChI is InChI=1S/C15H14N10/c1-25-8-9(5-20-25)11-6-19-15(22-16)14(21-11)18-7-12-10-3-2-4-17-13(10)24-23-12/h2-6,8,16H,7H2,1H3,(H,18,21)(H,17,23,24). The average Bonchev–Trinajstić information content (AvgIpc) is 3.26. The number of hydrogen-bond acceptors (Lipinski definition) is 8. The summed E-state index contributed by atoms with van der Waals surface area (Å²) in [5, 5.41) is 18.8. The Morgan fingerprint density at radius 3 is 3.04 bits per heavy atom. The van der Waals surface area contributed by atoms with E-state index in [0.29, 0.717) is 23.7 Å². The zero-order chi connectivity index (χ0) is 17.2. The van der Waals surface area contributed by atoms with E-state index < -0.39 is 0 Å². The van der Waals surface area contributed by atoms with Crippen LogP contribution in [0, 0.1) is 5.53 Å². The van der Waals surface area contributed by atoms with Crippen molar-refractivity contribution in [3.63, 3.8) is 0 Å². The molecule has 4 rings (SSSR count). The molecule has 0 aliphatic rings. The first-order chi connectivity index (χ1) is 12.2. The van der Waals surface area contributed by atoms with Crippen LogP contribution in [0.2, 0.25) is 0 Å². The highest BCUT2D eigenvalue weighted by Gasteiger charge is 2.11. The van der Waals surface area contributed by atoms with Gasteiger partial charge in [0.2, 0.25) is 5.82 Å². The van der Waals surface area contributed by atoms with Crippen molar-refractivity contribution in [3.05, 3.63) is 42.6 Å². The minimum absolute atomic E-state index is 0.217. The number of aromatic nitrogens is 7. The molecule has 0 unspecified atom stereocenters. The summed E-state index contributed by atoms with van der Waals surface area (Å²) in [4.78, 5) is 12.9. The van der Waals surface area contributed by atoms with Crippen LogP contribution >= 0.6 is 0 Å². The maximum Gasteiger partial charge on any atom is 0.216 e. The number of hydrogen-bond donors (Lipinski definition) is 3. The van der Waals surface area contributed by atoms with E-state index in [2.05, 4.69) is 40.7 Å². The van der Waals surface area contributed by atoms with Gasteiger partial charge in [0, 0.05) is 30.4 Å². The van der Waals surface area contributed by atoms with Crippen LogP contribution in [0.3, 0.4) is 0 Å². The van der Waals surface area contributed by atoms with E-state index in [9.17, 15) is 0 Å². The fraction of sp³-hybridized carbons (Fsp3) is 0.133. The third-order valence-electron chi connectivity index (χ3n) is 3.70. The van der Waals surface area contributed by atoms with Gasteiger partial charge in [-0.2, -0.15) is 10.2 Å². The molecule has 0 aliphatic heterocycles. The molecule has 0 atom stereocenters. The van der Waals surface area contributed by atoms with Gasteiger partial charge in [0.25, 0.3) is 0 Å². The van der Waals surface area contributed by atoms with E-state index >= 15 is 0 Å². The first-order valence-electron chi connectivity index (χ1n) is 7.50. The number of nitrogens with zero attached hydrogens (tertiary/aromatic N) is 7. The molecule has 124 valence electrons. The second kappa shape index (κ2) is 6.07. The molecule has 0 saturated heterocycles. The number of aromatic amines is 1. The van der Waals surface area contributed by atoms with Crippen LogP contribution < -0.4 is 5.32 Å². The van der Waals surface area contributed by atoms with Crippen molar-refractivity contribution in [3.8, 4) is 11.3 Å². The Bertz CT molecular complexity index is 1050. The number of pyridine rings is 1. The molecule has 0 aromatic carbocycles. The summed E-state index contributed by atoms with van der Waals surface area (Å²) < 4.78 is 1.69. The van der Waals surface area contributed by atoms with Crippen LogP contribution in [0.4, 0.5) is 11.6 Å². The molecular weight excluding hydrogens is 320 g/mol. The third kappa shape index (κ3) is 2.80. The highest BCUT2D eigenvalue weighted by molar-refractivity contribution is 5.77. The molecule has 0 spiro atoms. The van der Waals surface area contributed by atoms with Gasteiger partial charge in [0.05, 0.1) is 30.3 Å². The lowest BCUT2D eigenvalue weighted by molar-refractivity contribution is 0.768. The van der Waals surface area contributed by atoms with Gasteiger partial charge >= 0.3 is 0 Å². The SMILES string of the molecule is Cn1cc(-c2cnc(N=N)c(NCc3[nH]nc4ncccc34)n2)cn1. The molecule has 0 fully saturated rings. The monoisotopic (exact) mass is 334 g/mol. The molecule has 0 aliphatic carbocycles. The maximum atomic E-state index is 7.28. The van der Waals surface area contributed by atoms with Crippen LogP contribution in [0.25, 0.3) is 22.3 Å². The number of aryl methyl sites for hydroxylation is 1. The van der Waals surface area contributed by atoms with Gasteiger partial charge < -0.3 is 5.32 Å². The smallest absolute Gasteiger partial charge is 0.216 e. The Kier molecular flexibility index (Phi) is 3.61. The average molecular weight is 334 g/mol. The third-order valence-corrected chi connectivity index (χ3v) is 3.70. The topological polar surface area (TPSA) is 133 Å². The highest BCUT2D eigenvalue weighted by Crippen LogP contribution is 2.25. The Labute approximate surface area is 141 Å². The van der Waals surface area contributed by atoms with Gasteiger partial charge in [-0.05, 0) is 12.1 Å². The maximum absolute atomic E-state index is 7.28. The van der Waals surface area contributed by atoms with Crippen molar-refractivity contribution in [2.24, 2.45) is 12.2 Å². The quantitative estimate of drug-likeness (QED) is 0.480. The van der Waals surface area contributed by atoms with Crippen molar-refractivity contribution >= 4 is 22.7 Å². The van der Waals surface area contributed by atoms with Crippen LogP contribution in [-0.4, -0.2) is 34.9 Å². The summed E-state index contributed by atoms with van der Waals surface area (Å²) in [6.45, 7) is 0.426.